The Bertz CT molecular complexity index is 450. The van der Waals surface area contributed by atoms with Crippen LogP contribution in [0.4, 0.5) is 0 Å². The van der Waals surface area contributed by atoms with Gasteiger partial charge in [-0.25, -0.2) is 0 Å². The van der Waals surface area contributed by atoms with Crippen LogP contribution in [0.1, 0.15) is 19.4 Å². The van der Waals surface area contributed by atoms with Gasteiger partial charge in [-0.1, -0.05) is 55.0 Å². The lowest BCUT2D eigenvalue weighted by Gasteiger charge is -2.18. The average Bonchev–Trinajstić information content (AvgIpc) is 2.75. The highest BCUT2D eigenvalue weighted by Crippen LogP contribution is 2.53. The zero-order valence-electron chi connectivity index (χ0n) is 10.0. The van der Waals surface area contributed by atoms with Gasteiger partial charge < -0.3 is 0 Å². The van der Waals surface area contributed by atoms with Crippen LogP contribution in [-0.2, 0) is 0 Å². The normalized spacial score (nSPS) is 19.9. The van der Waals surface area contributed by atoms with Crippen molar-refractivity contribution in [1.82, 2.24) is 4.90 Å². The van der Waals surface area contributed by atoms with E-state index in [2.05, 4.69) is 76.4 Å². The van der Waals surface area contributed by atoms with E-state index in [9.17, 15) is 0 Å². The molecule has 0 fully saturated rings. The van der Waals surface area contributed by atoms with E-state index in [1.165, 1.54) is 15.5 Å². The summed E-state index contributed by atoms with van der Waals surface area (Å²) in [5, 5.41) is 0. The van der Waals surface area contributed by atoms with E-state index in [0.717, 1.165) is 13.1 Å². The van der Waals surface area contributed by atoms with Crippen molar-refractivity contribution in [3.63, 3.8) is 0 Å². The Morgan fingerprint density at radius 1 is 1.18 bits per heavy atom. The molecule has 0 radical (unpaired) electrons. The molecule has 1 nitrogen and oxygen atoms in total. The third-order valence-electron chi connectivity index (χ3n) is 2.72. The fraction of sp³-hybridized carbons (Fsp3) is 0.308. The van der Waals surface area contributed by atoms with Gasteiger partial charge in [0.15, 0.2) is 0 Å². The second-order valence-corrected chi connectivity index (χ2v) is 11.1. The van der Waals surface area contributed by atoms with E-state index in [-0.39, 0.29) is 6.69 Å². The fourth-order valence-corrected chi connectivity index (χ4v) is 7.73. The lowest BCUT2D eigenvalue weighted by Crippen LogP contribution is -2.27. The Morgan fingerprint density at radius 2 is 1.82 bits per heavy atom. The Kier molecular flexibility index (Phi) is 5.14. The lowest BCUT2D eigenvalue weighted by molar-refractivity contribution is 0.476. The highest BCUT2D eigenvalue weighted by atomic mass is 127. The van der Waals surface area contributed by atoms with Gasteiger partial charge >= 0.3 is 0 Å². The molecule has 1 unspecified atom stereocenters. The molecule has 1 heterocycles. The quantitative estimate of drug-likeness (QED) is 0.424. The van der Waals surface area contributed by atoms with Crippen molar-refractivity contribution >= 4 is 48.6 Å². The summed E-state index contributed by atoms with van der Waals surface area (Å²) in [5.41, 5.74) is 1.34. The lowest BCUT2D eigenvalue weighted by atomic mass is 10.2. The molecule has 1 atom stereocenters. The Morgan fingerprint density at radius 3 is 2.41 bits per heavy atom. The van der Waals surface area contributed by atoms with Gasteiger partial charge in [0.05, 0.1) is 4.99 Å². The van der Waals surface area contributed by atoms with Crippen LogP contribution < -0.4 is 0 Å². The van der Waals surface area contributed by atoms with Crippen molar-refractivity contribution in [2.24, 2.45) is 0 Å². The van der Waals surface area contributed by atoms with Crippen LogP contribution in [0.3, 0.4) is 0 Å². The molecule has 2 rings (SSSR count). The molecule has 0 N–H and O–H groups in total. The summed E-state index contributed by atoms with van der Waals surface area (Å²) in [6.07, 6.45) is 2.36. The number of halogens is 1. The molecule has 92 valence electrons. The molecule has 0 saturated carbocycles. The van der Waals surface area contributed by atoms with Gasteiger partial charge in [0.2, 0.25) is 0 Å². The standard InChI is InChI=1S/C13H16INS2/c1-3-15(4-2)13-10-12(16-17(13)14)11-8-6-5-7-9-11/h5-10H,3-4H2,1-2H3. The Balaban J connectivity index is 2.25. The maximum atomic E-state index is 2.56. The second kappa shape index (κ2) is 6.41. The molecule has 0 amide bonds. The predicted octanol–water partition coefficient (Wildman–Crippen LogP) is 4.78. The first kappa shape index (κ1) is 13.6. The van der Waals surface area contributed by atoms with Gasteiger partial charge in [-0.15, -0.1) is 0 Å². The Hall–Kier alpha value is 0.220. The molecule has 0 bridgehead atoms. The minimum Gasteiger partial charge on any atom is -0.269 e. The summed E-state index contributed by atoms with van der Waals surface area (Å²) < 4.78 is 0. The highest BCUT2D eigenvalue weighted by molar-refractivity contribution is 14.2. The minimum absolute atomic E-state index is 0.266. The van der Waals surface area contributed by atoms with Gasteiger partial charge in [-0.3, -0.25) is 4.90 Å². The number of nitrogens with zero attached hydrogens (tertiary/aromatic N) is 1. The Labute approximate surface area is 122 Å². The second-order valence-electron chi connectivity index (χ2n) is 3.69. The van der Waals surface area contributed by atoms with Crippen molar-refractivity contribution in [2.45, 2.75) is 13.8 Å². The van der Waals surface area contributed by atoms with Crippen LogP contribution in [-0.4, -0.2) is 23.0 Å². The monoisotopic (exact) mass is 377 g/mol. The van der Waals surface area contributed by atoms with E-state index < -0.39 is 0 Å². The summed E-state index contributed by atoms with van der Waals surface area (Å²) in [4.78, 5) is 5.35. The third-order valence-corrected chi connectivity index (χ3v) is 8.56. The number of benzene rings is 1. The first-order valence-electron chi connectivity index (χ1n) is 5.74. The van der Waals surface area contributed by atoms with Crippen molar-refractivity contribution in [3.8, 4) is 0 Å². The highest BCUT2D eigenvalue weighted by Gasteiger charge is 2.19. The predicted molar refractivity (Wildman–Crippen MR) is 91.5 cm³/mol. The third kappa shape index (κ3) is 3.16. The molecule has 1 aromatic carbocycles. The van der Waals surface area contributed by atoms with Gasteiger partial charge in [0.1, 0.15) is 0 Å². The van der Waals surface area contributed by atoms with Gasteiger partial charge in [0.25, 0.3) is 0 Å². The summed E-state index contributed by atoms with van der Waals surface area (Å²) in [7, 11) is 1.98. The molecule has 0 spiro atoms. The van der Waals surface area contributed by atoms with E-state index in [1.807, 2.05) is 10.8 Å². The maximum Gasteiger partial charge on any atom is 0.0627 e. The summed E-state index contributed by atoms with van der Waals surface area (Å²) in [5.74, 6) is 0. The molecule has 4 heteroatoms. The number of likely N-dealkylation sites (N-methyl/N-ethyl adjacent to an activating group) is 1. The molecular weight excluding hydrogens is 361 g/mol. The number of hydrogen-bond donors (Lipinski definition) is 0. The first-order chi connectivity index (χ1) is 8.26. The van der Waals surface area contributed by atoms with E-state index in [4.69, 9.17) is 0 Å². The summed E-state index contributed by atoms with van der Waals surface area (Å²) in [6.45, 7) is 6.91. The first-order valence-corrected chi connectivity index (χ1v) is 10.8. The minimum atomic E-state index is 0.266. The van der Waals surface area contributed by atoms with E-state index >= 15 is 0 Å². The molecule has 0 aromatic heterocycles. The molecule has 1 aliphatic rings. The molecule has 1 aliphatic heterocycles. The molecular formula is C13H16INS2. The van der Waals surface area contributed by atoms with Crippen molar-refractivity contribution in [2.75, 3.05) is 13.1 Å². The van der Waals surface area contributed by atoms with Crippen molar-refractivity contribution < 1.29 is 0 Å². The van der Waals surface area contributed by atoms with Crippen LogP contribution in [0.25, 0.3) is 4.91 Å². The largest absolute Gasteiger partial charge is 0.269 e. The van der Waals surface area contributed by atoms with Gasteiger partial charge in [-0.2, -0.15) is 0 Å². The van der Waals surface area contributed by atoms with Gasteiger partial charge in [-0.05, 0) is 18.3 Å². The zero-order valence-corrected chi connectivity index (χ0v) is 13.8. The van der Waals surface area contributed by atoms with Gasteiger partial charge in [0, 0.05) is 39.2 Å². The van der Waals surface area contributed by atoms with Crippen molar-refractivity contribution in [3.05, 3.63) is 42.0 Å². The van der Waals surface area contributed by atoms with Crippen LogP contribution in [0.15, 0.2) is 36.4 Å². The SMILES string of the molecule is CCN(CC)C1=S(I)SC(c2ccccc2)=C1. The fourth-order valence-electron chi connectivity index (χ4n) is 1.77. The number of hydrogen-bond acceptors (Lipinski definition) is 2. The molecule has 1 aromatic rings. The van der Waals surface area contributed by atoms with Crippen LogP contribution in [0.2, 0.25) is 0 Å². The smallest absolute Gasteiger partial charge is 0.0627 e. The summed E-state index contributed by atoms with van der Waals surface area (Å²) in [6, 6.07) is 10.7. The van der Waals surface area contributed by atoms with Crippen LogP contribution in [0.5, 0.6) is 0 Å². The number of rotatable bonds is 3. The van der Waals surface area contributed by atoms with E-state index in [1.54, 1.807) is 0 Å². The molecule has 0 aliphatic carbocycles. The van der Waals surface area contributed by atoms with Crippen LogP contribution in [0, 0.1) is 0 Å². The summed E-state index contributed by atoms with van der Waals surface area (Å²) >= 11 is 2.56. The van der Waals surface area contributed by atoms with Crippen LogP contribution >= 0.6 is 38.7 Å². The topological polar surface area (TPSA) is 3.24 Å². The van der Waals surface area contributed by atoms with E-state index in [0.29, 0.717) is 0 Å². The average molecular weight is 377 g/mol. The molecule has 0 saturated heterocycles. The maximum absolute atomic E-state index is 2.56. The van der Waals surface area contributed by atoms with Crippen molar-refractivity contribution in [1.29, 1.82) is 0 Å². The zero-order chi connectivity index (χ0) is 12.3. The molecule has 17 heavy (non-hydrogen) atoms.